The summed E-state index contributed by atoms with van der Waals surface area (Å²) >= 11 is 0. The van der Waals surface area contributed by atoms with Gasteiger partial charge in [-0.1, -0.05) is 97.4 Å². The van der Waals surface area contributed by atoms with Crippen molar-refractivity contribution >= 4 is 11.6 Å². The molecule has 4 aromatic carbocycles. The number of halogens is 3. The molecule has 0 bridgehead atoms. The van der Waals surface area contributed by atoms with Gasteiger partial charge in [-0.15, -0.1) is 0 Å². The first-order valence-corrected chi connectivity index (χ1v) is 15.7. The molecule has 0 unspecified atom stereocenters. The highest BCUT2D eigenvalue weighted by Gasteiger charge is 2.49. The van der Waals surface area contributed by atoms with Gasteiger partial charge < -0.3 is 10.2 Å². The monoisotopic (exact) mass is 624 g/mol. The number of rotatable bonds is 9. The zero-order valence-electron chi connectivity index (χ0n) is 26.1. The van der Waals surface area contributed by atoms with Crippen molar-refractivity contribution < 1.29 is 18.0 Å². The van der Waals surface area contributed by atoms with Gasteiger partial charge in [0.15, 0.2) is 0 Å². The molecule has 1 saturated heterocycles. The Labute approximate surface area is 269 Å². The van der Waals surface area contributed by atoms with Gasteiger partial charge in [-0.2, -0.15) is 18.4 Å². The molecule has 0 saturated carbocycles. The summed E-state index contributed by atoms with van der Waals surface area (Å²) in [5.74, 6) is -0.575. The number of hydrogen-bond acceptors (Lipinski definition) is 4. The standard InChI is InChI=1S/C36H36F3N3O.C2H3N/c37-36(38,39)26-40-34(43)35(32-17-6-4-15-30(32)31-16-5-7-18-33(31)35)19-8-9-20-41-21-23-42(24-22-41)29-14-10-13-28(25-29)27-11-2-1-3-12-27;1-2-3/h1-7,10-18,25H,8-9,19-24,26H2,(H,40,43);1H3. The molecule has 1 fully saturated rings. The molecular weight excluding hydrogens is 585 g/mol. The van der Waals surface area contributed by atoms with Crippen LogP contribution < -0.4 is 10.2 Å². The molecule has 1 heterocycles. The van der Waals surface area contributed by atoms with Crippen LogP contribution in [0.1, 0.15) is 37.3 Å². The van der Waals surface area contributed by atoms with Crippen LogP contribution >= 0.6 is 0 Å². The van der Waals surface area contributed by atoms with E-state index < -0.39 is 24.0 Å². The van der Waals surface area contributed by atoms with Crippen molar-refractivity contribution in [2.45, 2.75) is 37.8 Å². The zero-order chi connectivity index (χ0) is 32.6. The minimum Gasteiger partial charge on any atom is -0.369 e. The SMILES string of the molecule is CC#N.O=C(NCC(F)(F)F)C1(CCCCN2CCN(c3cccc(-c4ccccc4)c3)CC2)c2ccccc2-c2ccccc21. The van der Waals surface area contributed by atoms with Gasteiger partial charge in [0.25, 0.3) is 0 Å². The molecule has 2 aliphatic rings. The zero-order valence-corrected chi connectivity index (χ0v) is 26.1. The van der Waals surface area contributed by atoms with E-state index in [0.29, 0.717) is 6.42 Å². The third-order valence-electron chi connectivity index (χ3n) is 8.87. The number of fused-ring (bicyclic) bond motifs is 3. The largest absolute Gasteiger partial charge is 0.405 e. The van der Waals surface area contributed by atoms with Crippen molar-refractivity contribution in [2.75, 3.05) is 44.2 Å². The summed E-state index contributed by atoms with van der Waals surface area (Å²) < 4.78 is 39.4. The van der Waals surface area contributed by atoms with Crippen LogP contribution in [0.25, 0.3) is 22.3 Å². The molecule has 0 atom stereocenters. The number of hydrogen-bond donors (Lipinski definition) is 1. The molecule has 1 amide bonds. The highest BCUT2D eigenvalue weighted by atomic mass is 19.4. The number of carbonyl (C=O) groups excluding carboxylic acids is 1. The maximum absolute atomic E-state index is 13.7. The molecule has 0 spiro atoms. The molecule has 8 heteroatoms. The Morgan fingerprint density at radius 3 is 1.98 bits per heavy atom. The molecular formula is C38H39F3N4O. The van der Waals surface area contributed by atoms with Crippen LogP contribution in [0.5, 0.6) is 0 Å². The van der Waals surface area contributed by atoms with Gasteiger partial charge in [-0.25, -0.2) is 0 Å². The lowest BCUT2D eigenvalue weighted by Crippen LogP contribution is -2.47. The number of nitrogens with one attached hydrogen (secondary N) is 1. The molecule has 1 aliphatic carbocycles. The summed E-state index contributed by atoms with van der Waals surface area (Å²) in [6.45, 7) is 4.74. The fourth-order valence-corrected chi connectivity index (χ4v) is 6.75. The average Bonchev–Trinajstić information content (AvgIpc) is 3.37. The third kappa shape index (κ3) is 7.27. The van der Waals surface area contributed by atoms with E-state index in [4.69, 9.17) is 5.26 Å². The highest BCUT2D eigenvalue weighted by Crippen LogP contribution is 2.51. The van der Waals surface area contributed by atoms with Crippen molar-refractivity contribution in [1.29, 1.82) is 5.26 Å². The van der Waals surface area contributed by atoms with Crippen LogP contribution in [0.4, 0.5) is 18.9 Å². The highest BCUT2D eigenvalue weighted by molar-refractivity contribution is 6.00. The van der Waals surface area contributed by atoms with Gasteiger partial charge in [0.2, 0.25) is 5.91 Å². The second-order valence-electron chi connectivity index (χ2n) is 11.7. The Morgan fingerprint density at radius 2 is 1.37 bits per heavy atom. The van der Waals surface area contributed by atoms with E-state index in [1.807, 2.05) is 54.6 Å². The Morgan fingerprint density at radius 1 is 0.804 bits per heavy atom. The smallest absolute Gasteiger partial charge is 0.369 e. The van der Waals surface area contributed by atoms with Crippen LogP contribution in [0.2, 0.25) is 0 Å². The number of amides is 1. The second kappa shape index (κ2) is 14.7. The fraction of sp³-hybridized carbons (Fsp3) is 0.316. The number of carbonyl (C=O) groups is 1. The number of nitriles is 1. The van der Waals surface area contributed by atoms with Gasteiger partial charge in [-0.05, 0) is 64.9 Å². The summed E-state index contributed by atoms with van der Waals surface area (Å²) in [5.41, 5.74) is 5.95. The van der Waals surface area contributed by atoms with E-state index in [-0.39, 0.29) is 0 Å². The maximum atomic E-state index is 13.7. The number of nitrogens with zero attached hydrogens (tertiary/aromatic N) is 3. The summed E-state index contributed by atoms with van der Waals surface area (Å²) in [6, 6.07) is 36.1. The van der Waals surface area contributed by atoms with E-state index in [1.165, 1.54) is 23.7 Å². The normalized spacial score (nSPS) is 15.2. The van der Waals surface area contributed by atoms with E-state index in [9.17, 15) is 18.0 Å². The van der Waals surface area contributed by atoms with Crippen LogP contribution in [0, 0.1) is 11.3 Å². The van der Waals surface area contributed by atoms with Gasteiger partial charge in [0.05, 0.1) is 6.07 Å². The van der Waals surface area contributed by atoms with E-state index >= 15 is 0 Å². The number of piperazine rings is 1. The van der Waals surface area contributed by atoms with Crippen molar-refractivity contribution in [3.05, 3.63) is 114 Å². The van der Waals surface area contributed by atoms with Crippen molar-refractivity contribution in [1.82, 2.24) is 10.2 Å². The Balaban J connectivity index is 0.00000134. The number of alkyl halides is 3. The van der Waals surface area contributed by atoms with Crippen LogP contribution in [0.15, 0.2) is 103 Å². The quantitative estimate of drug-likeness (QED) is 0.193. The first-order valence-electron chi connectivity index (χ1n) is 15.7. The van der Waals surface area contributed by atoms with Gasteiger partial charge in [0, 0.05) is 38.8 Å². The Kier molecular flexibility index (Phi) is 10.4. The molecule has 46 heavy (non-hydrogen) atoms. The van der Waals surface area contributed by atoms with Crippen molar-refractivity contribution in [2.24, 2.45) is 0 Å². The summed E-state index contributed by atoms with van der Waals surface area (Å²) in [4.78, 5) is 18.6. The molecule has 1 N–H and O–H groups in total. The van der Waals surface area contributed by atoms with Crippen LogP contribution in [0.3, 0.4) is 0 Å². The van der Waals surface area contributed by atoms with Gasteiger partial charge in [-0.3, -0.25) is 9.69 Å². The minimum atomic E-state index is -4.47. The van der Waals surface area contributed by atoms with Crippen molar-refractivity contribution in [3.63, 3.8) is 0 Å². The lowest BCUT2D eigenvalue weighted by Gasteiger charge is -2.36. The molecule has 6 rings (SSSR count). The number of anilines is 1. The van der Waals surface area contributed by atoms with Crippen LogP contribution in [-0.2, 0) is 10.2 Å². The Hall–Kier alpha value is -4.61. The first-order chi connectivity index (χ1) is 22.3. The average molecular weight is 625 g/mol. The number of unbranched alkanes of at least 4 members (excludes halogenated alkanes) is 1. The molecule has 0 aromatic heterocycles. The van der Waals surface area contributed by atoms with Crippen molar-refractivity contribution in [3.8, 4) is 28.3 Å². The minimum absolute atomic E-state index is 0.455. The second-order valence-corrected chi connectivity index (χ2v) is 11.7. The lowest BCUT2D eigenvalue weighted by atomic mass is 9.73. The predicted octanol–water partition coefficient (Wildman–Crippen LogP) is 7.82. The first kappa shape index (κ1) is 32.8. The topological polar surface area (TPSA) is 59.4 Å². The third-order valence-corrected chi connectivity index (χ3v) is 8.87. The molecule has 238 valence electrons. The van der Waals surface area contributed by atoms with Gasteiger partial charge >= 0.3 is 6.18 Å². The van der Waals surface area contributed by atoms with E-state index in [1.54, 1.807) is 6.07 Å². The maximum Gasteiger partial charge on any atom is 0.405 e. The molecule has 5 nitrogen and oxygen atoms in total. The predicted molar refractivity (Wildman–Crippen MR) is 177 cm³/mol. The summed E-state index contributed by atoms with van der Waals surface area (Å²) in [6.07, 6.45) is -2.43. The van der Waals surface area contributed by atoms with E-state index in [0.717, 1.165) is 67.8 Å². The Bertz CT molecular complexity index is 1610. The lowest BCUT2D eigenvalue weighted by molar-refractivity contribution is -0.141. The van der Waals surface area contributed by atoms with Crippen LogP contribution in [-0.4, -0.2) is 56.3 Å². The van der Waals surface area contributed by atoms with E-state index in [2.05, 4.69) is 63.6 Å². The molecule has 4 aromatic rings. The molecule has 1 aliphatic heterocycles. The summed E-state index contributed by atoms with van der Waals surface area (Å²) in [5, 5.41) is 9.55. The fourth-order valence-electron chi connectivity index (χ4n) is 6.75. The summed E-state index contributed by atoms with van der Waals surface area (Å²) in [7, 11) is 0. The van der Waals surface area contributed by atoms with Gasteiger partial charge in [0.1, 0.15) is 12.0 Å². The number of benzene rings is 4. The molecule has 0 radical (unpaired) electrons.